The summed E-state index contributed by atoms with van der Waals surface area (Å²) in [5.41, 5.74) is -0.332. The summed E-state index contributed by atoms with van der Waals surface area (Å²) in [6.07, 6.45) is 3.18. The minimum atomic E-state index is -1.51. The Hall–Kier alpha value is -2.88. The number of aliphatic hydroxyl groups is 1. The molecule has 0 saturated heterocycles. The SMILES string of the molecule is CC[SH+](=O)c1ccc(Oc2cc(OC3(CO)CC3)cc(C(=O)Nc3ccn(C)n3)c2)c(Cl)c1. The monoisotopic (exact) mass is 490 g/mol. The van der Waals surface area contributed by atoms with Gasteiger partial charge < -0.3 is 19.9 Å². The largest absolute Gasteiger partial charge is 0.485 e. The van der Waals surface area contributed by atoms with E-state index in [0.717, 1.165) is 12.8 Å². The van der Waals surface area contributed by atoms with Crippen molar-refractivity contribution in [2.45, 2.75) is 30.3 Å². The molecule has 1 unspecified atom stereocenters. The number of thiol groups is 1. The van der Waals surface area contributed by atoms with Gasteiger partial charge in [-0.1, -0.05) is 11.6 Å². The number of aryl methyl sites for hydroxylation is 1. The van der Waals surface area contributed by atoms with E-state index < -0.39 is 16.4 Å². The Bertz CT molecular complexity index is 1210. The Kier molecular flexibility index (Phi) is 6.73. The van der Waals surface area contributed by atoms with Gasteiger partial charge in [-0.3, -0.25) is 9.48 Å². The van der Waals surface area contributed by atoms with Crippen molar-refractivity contribution in [1.29, 1.82) is 0 Å². The van der Waals surface area contributed by atoms with E-state index in [0.29, 0.717) is 44.3 Å². The third kappa shape index (κ3) is 5.55. The average molecular weight is 491 g/mol. The molecule has 8 nitrogen and oxygen atoms in total. The standard InChI is InChI=1S/C23H24ClN3O5S/c1-3-33(30)18-4-5-20(19(24)13-18)31-16-10-15(22(29)25-21-6-9-27(2)26-21)11-17(12-16)32-23(14-28)7-8-23/h4-6,9-13,28H,3,7-8,14H2,1-2H3,(H,25,26,29)/p+1. The smallest absolute Gasteiger partial charge is 0.257 e. The number of anilines is 1. The number of benzene rings is 2. The Morgan fingerprint density at radius 2 is 2.00 bits per heavy atom. The van der Waals surface area contributed by atoms with Gasteiger partial charge in [0.2, 0.25) is 0 Å². The highest BCUT2D eigenvalue weighted by Crippen LogP contribution is 2.41. The molecule has 1 aliphatic rings. The zero-order valence-electron chi connectivity index (χ0n) is 18.2. The maximum atomic E-state index is 12.9. The second kappa shape index (κ2) is 9.54. The number of hydrogen-bond acceptors (Lipinski definition) is 6. The van der Waals surface area contributed by atoms with Crippen LogP contribution in [-0.4, -0.2) is 38.8 Å². The van der Waals surface area contributed by atoms with Gasteiger partial charge >= 0.3 is 0 Å². The average Bonchev–Trinajstić information content (AvgIpc) is 3.46. The minimum Gasteiger partial charge on any atom is -0.485 e. The minimum absolute atomic E-state index is 0.115. The quantitative estimate of drug-likeness (QED) is 0.346. The highest BCUT2D eigenvalue weighted by Gasteiger charge is 2.45. The first-order valence-corrected chi connectivity index (χ1v) is 12.3. The summed E-state index contributed by atoms with van der Waals surface area (Å²) in [7, 11) is 0.248. The maximum Gasteiger partial charge on any atom is 0.257 e. The van der Waals surface area contributed by atoms with E-state index in [1.54, 1.807) is 60.4 Å². The van der Waals surface area contributed by atoms with Crippen molar-refractivity contribution in [3.63, 3.8) is 0 Å². The Morgan fingerprint density at radius 1 is 1.24 bits per heavy atom. The molecule has 0 bridgehead atoms. The second-order valence-corrected chi connectivity index (χ2v) is 10.2. The van der Waals surface area contributed by atoms with Crippen LogP contribution in [0.2, 0.25) is 5.02 Å². The van der Waals surface area contributed by atoms with Crippen molar-refractivity contribution in [1.82, 2.24) is 9.78 Å². The van der Waals surface area contributed by atoms with Crippen molar-refractivity contribution in [3.8, 4) is 17.2 Å². The first kappa shape index (κ1) is 23.3. The molecular formula is C23H25ClN3O5S+. The molecule has 1 aromatic heterocycles. The van der Waals surface area contributed by atoms with Gasteiger partial charge in [0.1, 0.15) is 39.4 Å². The lowest BCUT2D eigenvalue weighted by molar-refractivity contribution is 0.0944. The molecular weight excluding hydrogens is 466 g/mol. The van der Waals surface area contributed by atoms with E-state index in [-0.39, 0.29) is 12.5 Å². The second-order valence-electron chi connectivity index (χ2n) is 7.88. The summed E-state index contributed by atoms with van der Waals surface area (Å²) >= 11 is 6.36. The molecule has 10 heteroatoms. The normalized spacial score (nSPS) is 15.0. The fraction of sp³-hybridized carbons (Fsp3) is 0.304. The predicted molar refractivity (Wildman–Crippen MR) is 127 cm³/mol. The maximum absolute atomic E-state index is 12.9. The highest BCUT2D eigenvalue weighted by molar-refractivity contribution is 7.84. The molecule has 1 saturated carbocycles. The molecule has 0 aliphatic heterocycles. The van der Waals surface area contributed by atoms with Crippen LogP contribution in [0, 0.1) is 0 Å². The Labute approximate surface area is 198 Å². The van der Waals surface area contributed by atoms with E-state index in [4.69, 9.17) is 21.1 Å². The first-order valence-electron chi connectivity index (χ1n) is 10.5. The first-order chi connectivity index (χ1) is 15.8. The Morgan fingerprint density at radius 3 is 2.61 bits per heavy atom. The van der Waals surface area contributed by atoms with Crippen LogP contribution in [0.3, 0.4) is 0 Å². The lowest BCUT2D eigenvalue weighted by Gasteiger charge is -2.17. The molecule has 4 rings (SSSR count). The van der Waals surface area contributed by atoms with Gasteiger partial charge in [0.15, 0.2) is 10.7 Å². The summed E-state index contributed by atoms with van der Waals surface area (Å²) in [4.78, 5) is 13.5. The van der Waals surface area contributed by atoms with Gasteiger partial charge in [-0.25, -0.2) is 0 Å². The van der Waals surface area contributed by atoms with Gasteiger partial charge in [-0.05, 0) is 44.0 Å². The summed E-state index contributed by atoms with van der Waals surface area (Å²) in [6.45, 7) is 1.73. The molecule has 1 atom stereocenters. The number of nitrogens with zero attached hydrogens (tertiary/aromatic N) is 2. The molecule has 1 heterocycles. The summed E-state index contributed by atoms with van der Waals surface area (Å²) in [5.74, 6) is 1.63. The van der Waals surface area contributed by atoms with Gasteiger partial charge in [0, 0.05) is 37.0 Å². The van der Waals surface area contributed by atoms with Crippen LogP contribution in [0.4, 0.5) is 5.82 Å². The number of rotatable bonds is 9. The molecule has 33 heavy (non-hydrogen) atoms. The van der Waals surface area contributed by atoms with Crippen LogP contribution in [0.15, 0.2) is 53.6 Å². The lowest BCUT2D eigenvalue weighted by atomic mass is 10.1. The van der Waals surface area contributed by atoms with Crippen molar-refractivity contribution in [3.05, 3.63) is 59.2 Å². The molecule has 2 N–H and O–H groups in total. The fourth-order valence-electron chi connectivity index (χ4n) is 3.21. The number of aromatic nitrogens is 2. The van der Waals surface area contributed by atoms with E-state index in [1.165, 1.54) is 0 Å². The molecule has 1 aliphatic carbocycles. The molecule has 0 radical (unpaired) electrons. The van der Waals surface area contributed by atoms with Gasteiger partial charge in [0.05, 0.1) is 11.6 Å². The number of carbonyl (C=O) groups is 1. The molecule has 2 aromatic carbocycles. The molecule has 1 amide bonds. The van der Waals surface area contributed by atoms with Crippen LogP contribution in [0.5, 0.6) is 17.2 Å². The number of carbonyl (C=O) groups excluding carboxylic acids is 1. The van der Waals surface area contributed by atoms with Crippen LogP contribution >= 0.6 is 11.6 Å². The van der Waals surface area contributed by atoms with E-state index in [1.807, 2.05) is 6.92 Å². The third-order valence-corrected chi connectivity index (χ3v) is 6.97. The van der Waals surface area contributed by atoms with Gasteiger partial charge in [-0.15, -0.1) is 4.21 Å². The summed E-state index contributed by atoms with van der Waals surface area (Å²) < 4.78 is 25.6. The zero-order chi connectivity index (χ0) is 23.6. The summed E-state index contributed by atoms with van der Waals surface area (Å²) in [6, 6.07) is 11.5. The van der Waals surface area contributed by atoms with Crippen molar-refractivity contribution in [2.24, 2.45) is 7.05 Å². The number of nitrogens with one attached hydrogen (secondary N) is 1. The van der Waals surface area contributed by atoms with Crippen LogP contribution in [0.1, 0.15) is 30.1 Å². The fourth-order valence-corrected chi connectivity index (χ4v) is 4.38. The van der Waals surface area contributed by atoms with Crippen molar-refractivity contribution >= 4 is 34.1 Å². The van der Waals surface area contributed by atoms with E-state index in [2.05, 4.69) is 10.4 Å². The zero-order valence-corrected chi connectivity index (χ0v) is 19.9. The third-order valence-electron chi connectivity index (χ3n) is 5.25. The summed E-state index contributed by atoms with van der Waals surface area (Å²) in [5, 5.41) is 16.8. The van der Waals surface area contributed by atoms with Crippen LogP contribution in [-0.2, 0) is 22.1 Å². The number of aliphatic hydroxyl groups excluding tert-OH is 1. The lowest BCUT2D eigenvalue weighted by Crippen LogP contribution is -2.23. The van der Waals surface area contributed by atoms with Gasteiger partial charge in [-0.2, -0.15) is 5.10 Å². The number of halogens is 1. The Balaban J connectivity index is 1.63. The topological polar surface area (TPSA) is 103 Å². The van der Waals surface area contributed by atoms with Gasteiger partial charge in [0.25, 0.3) is 5.91 Å². The molecule has 3 aromatic rings. The van der Waals surface area contributed by atoms with E-state index >= 15 is 0 Å². The number of amides is 1. The van der Waals surface area contributed by atoms with Crippen LogP contribution in [0.25, 0.3) is 0 Å². The molecule has 0 spiro atoms. The molecule has 174 valence electrons. The van der Waals surface area contributed by atoms with Crippen molar-refractivity contribution < 1.29 is 23.6 Å². The highest BCUT2D eigenvalue weighted by atomic mass is 35.5. The number of hydrogen-bond donors (Lipinski definition) is 2. The van der Waals surface area contributed by atoms with Crippen LogP contribution < -0.4 is 14.8 Å². The van der Waals surface area contributed by atoms with E-state index in [9.17, 15) is 14.1 Å². The predicted octanol–water partition coefficient (Wildman–Crippen LogP) is 4.10. The molecule has 1 fully saturated rings. The number of ether oxygens (including phenoxy) is 2. The van der Waals surface area contributed by atoms with Crippen molar-refractivity contribution in [2.75, 3.05) is 17.7 Å².